The topological polar surface area (TPSA) is 77.7 Å². The zero-order valence-corrected chi connectivity index (χ0v) is 12.5. The van der Waals surface area contributed by atoms with E-state index in [1.54, 1.807) is 6.21 Å². The normalized spacial score (nSPS) is 12.0. The fourth-order valence-electron chi connectivity index (χ4n) is 1.99. The Hall–Kier alpha value is -3.28. The number of rotatable bonds is 4. The van der Waals surface area contributed by atoms with Gasteiger partial charge in [0.25, 0.3) is 0 Å². The lowest BCUT2D eigenvalue weighted by Crippen LogP contribution is -2.31. The average Bonchev–Trinajstić information content (AvgIpc) is 3.02. The zero-order valence-electron chi connectivity index (χ0n) is 12.5. The maximum atomic E-state index is 11.0. The third kappa shape index (κ3) is 3.68. The van der Waals surface area contributed by atoms with Gasteiger partial charge >= 0.3 is 0 Å². The number of hydrogen-bond donors (Lipinski definition) is 0. The van der Waals surface area contributed by atoms with Gasteiger partial charge in [0.05, 0.1) is 17.2 Å². The molecular formula is C17H14N4O2. The molecule has 2 aromatic carbocycles. The van der Waals surface area contributed by atoms with Crippen LogP contribution < -0.4 is 9.79 Å². The summed E-state index contributed by atoms with van der Waals surface area (Å²) in [6, 6.07) is 17.2. The van der Waals surface area contributed by atoms with Crippen molar-refractivity contribution >= 4 is 11.9 Å². The Morgan fingerprint density at radius 1 is 1.13 bits per heavy atom. The minimum atomic E-state index is -0.484. The van der Waals surface area contributed by atoms with E-state index in [2.05, 4.69) is 20.0 Å². The standard InChI is InChI=1S/C17H14N4O2/c1-13(19-18-11-14-5-3-2-4-6-14)15-7-9-16(10-8-15)21-12-17(22)23-20-21/h2-12H,1H3/b18-11+,19-13+. The van der Waals surface area contributed by atoms with Crippen molar-refractivity contribution in [2.75, 3.05) is 0 Å². The molecule has 1 aromatic heterocycles. The summed E-state index contributed by atoms with van der Waals surface area (Å²) >= 11 is 0. The van der Waals surface area contributed by atoms with E-state index in [-0.39, 0.29) is 0 Å². The molecule has 0 fully saturated rings. The molecule has 0 amide bonds. The highest BCUT2D eigenvalue weighted by Crippen LogP contribution is 2.07. The highest BCUT2D eigenvalue weighted by Gasteiger charge is 2.09. The van der Waals surface area contributed by atoms with E-state index >= 15 is 0 Å². The fraction of sp³-hybridized carbons (Fsp3) is 0.0588. The van der Waals surface area contributed by atoms with Crippen LogP contribution >= 0.6 is 0 Å². The van der Waals surface area contributed by atoms with E-state index in [0.717, 1.165) is 22.5 Å². The van der Waals surface area contributed by atoms with E-state index in [1.165, 1.54) is 10.9 Å². The third-order valence-electron chi connectivity index (χ3n) is 3.21. The minimum Gasteiger partial charge on any atom is -0.539 e. The Bertz CT molecular complexity index is 837. The van der Waals surface area contributed by atoms with Gasteiger partial charge in [-0.15, -0.1) is 0 Å². The number of hydrogen-bond acceptors (Lipinski definition) is 5. The first-order valence-electron chi connectivity index (χ1n) is 7.01. The lowest BCUT2D eigenvalue weighted by molar-refractivity contribution is -0.670. The molecule has 0 N–H and O–H groups in total. The SMILES string of the molecule is C/C(=N\N=C\c1ccccc1)c1ccc(-[n+]2cc([O-])on2)cc1. The second-order valence-corrected chi connectivity index (χ2v) is 4.85. The van der Waals surface area contributed by atoms with Gasteiger partial charge in [-0.05, 0) is 34.9 Å². The van der Waals surface area contributed by atoms with Crippen LogP contribution in [0.1, 0.15) is 18.1 Å². The lowest BCUT2D eigenvalue weighted by Gasteiger charge is -1.98. The van der Waals surface area contributed by atoms with Gasteiger partial charge in [0.2, 0.25) is 11.9 Å². The smallest absolute Gasteiger partial charge is 0.239 e. The van der Waals surface area contributed by atoms with Crippen molar-refractivity contribution < 1.29 is 14.3 Å². The maximum absolute atomic E-state index is 11.0. The molecule has 0 aliphatic rings. The van der Waals surface area contributed by atoms with Crippen LogP contribution in [0, 0.1) is 0 Å². The minimum absolute atomic E-state index is 0.484. The molecule has 0 saturated carbocycles. The largest absolute Gasteiger partial charge is 0.539 e. The molecule has 0 atom stereocenters. The lowest BCUT2D eigenvalue weighted by atomic mass is 10.1. The highest BCUT2D eigenvalue weighted by atomic mass is 16.6. The average molecular weight is 306 g/mol. The van der Waals surface area contributed by atoms with E-state index in [1.807, 2.05) is 61.5 Å². The van der Waals surface area contributed by atoms with Gasteiger partial charge in [-0.25, -0.2) is 0 Å². The molecular weight excluding hydrogens is 292 g/mol. The van der Waals surface area contributed by atoms with Crippen LogP contribution in [0.15, 0.2) is 75.5 Å². The molecule has 0 radical (unpaired) electrons. The summed E-state index contributed by atoms with van der Waals surface area (Å²) in [6.07, 6.45) is 2.99. The molecule has 3 aromatic rings. The van der Waals surface area contributed by atoms with Crippen molar-refractivity contribution in [2.45, 2.75) is 6.92 Å². The van der Waals surface area contributed by atoms with E-state index < -0.39 is 5.95 Å². The number of benzene rings is 2. The molecule has 0 saturated heterocycles. The predicted octanol–water partition coefficient (Wildman–Crippen LogP) is 1.87. The van der Waals surface area contributed by atoms with E-state index in [0.29, 0.717) is 0 Å². The molecule has 0 spiro atoms. The summed E-state index contributed by atoms with van der Waals surface area (Å²) in [5.41, 5.74) is 3.46. The van der Waals surface area contributed by atoms with Crippen molar-refractivity contribution in [2.24, 2.45) is 10.2 Å². The van der Waals surface area contributed by atoms with Crippen LogP contribution in [0.4, 0.5) is 0 Å². The third-order valence-corrected chi connectivity index (χ3v) is 3.21. The Morgan fingerprint density at radius 3 is 2.52 bits per heavy atom. The quantitative estimate of drug-likeness (QED) is 0.419. The Labute approximate surface area is 133 Å². The van der Waals surface area contributed by atoms with Gasteiger partial charge < -0.3 is 9.63 Å². The highest BCUT2D eigenvalue weighted by molar-refractivity contribution is 5.99. The first kappa shape index (κ1) is 14.6. The molecule has 0 aliphatic heterocycles. The maximum Gasteiger partial charge on any atom is 0.239 e. The van der Waals surface area contributed by atoms with Crippen molar-refractivity contribution in [1.82, 2.24) is 5.27 Å². The Kier molecular flexibility index (Phi) is 4.24. The van der Waals surface area contributed by atoms with Gasteiger partial charge in [0, 0.05) is 12.1 Å². The monoisotopic (exact) mass is 306 g/mol. The van der Waals surface area contributed by atoms with Crippen LogP contribution in [0.2, 0.25) is 0 Å². The Morgan fingerprint density at radius 2 is 1.87 bits per heavy atom. The van der Waals surface area contributed by atoms with Gasteiger partial charge in [-0.3, -0.25) is 0 Å². The van der Waals surface area contributed by atoms with Crippen LogP contribution in [0.25, 0.3) is 5.69 Å². The van der Waals surface area contributed by atoms with Crippen LogP contribution in [-0.2, 0) is 0 Å². The van der Waals surface area contributed by atoms with Crippen molar-refractivity contribution in [3.8, 4) is 11.6 Å². The molecule has 1 heterocycles. The summed E-state index contributed by atoms with van der Waals surface area (Å²) in [5.74, 6) is -0.484. The van der Waals surface area contributed by atoms with Crippen LogP contribution in [-0.4, -0.2) is 17.2 Å². The summed E-state index contributed by atoms with van der Waals surface area (Å²) in [6.45, 7) is 1.89. The molecule has 0 unspecified atom stereocenters. The second-order valence-electron chi connectivity index (χ2n) is 4.85. The van der Waals surface area contributed by atoms with E-state index in [4.69, 9.17) is 0 Å². The number of nitrogens with zero attached hydrogens (tertiary/aromatic N) is 4. The molecule has 23 heavy (non-hydrogen) atoms. The van der Waals surface area contributed by atoms with E-state index in [9.17, 15) is 5.11 Å². The molecule has 114 valence electrons. The molecule has 3 rings (SSSR count). The van der Waals surface area contributed by atoms with Crippen molar-refractivity contribution in [1.29, 1.82) is 0 Å². The summed E-state index contributed by atoms with van der Waals surface area (Å²) in [7, 11) is 0. The number of aromatic nitrogens is 2. The molecule has 0 aliphatic carbocycles. The van der Waals surface area contributed by atoms with Gasteiger partial charge in [-0.1, -0.05) is 30.3 Å². The molecule has 0 bridgehead atoms. The second kappa shape index (κ2) is 6.65. The fourth-order valence-corrected chi connectivity index (χ4v) is 1.99. The van der Waals surface area contributed by atoms with Gasteiger partial charge in [-0.2, -0.15) is 10.2 Å². The van der Waals surface area contributed by atoms with Gasteiger partial charge in [0.15, 0.2) is 0 Å². The predicted molar refractivity (Wildman–Crippen MR) is 83.7 cm³/mol. The van der Waals surface area contributed by atoms with Crippen LogP contribution in [0.5, 0.6) is 5.95 Å². The molecule has 6 heteroatoms. The summed E-state index contributed by atoms with van der Waals surface area (Å²) < 4.78 is 5.89. The summed E-state index contributed by atoms with van der Waals surface area (Å²) in [5, 5.41) is 22.9. The van der Waals surface area contributed by atoms with Crippen LogP contribution in [0.3, 0.4) is 0 Å². The van der Waals surface area contributed by atoms with Crippen molar-refractivity contribution in [3.63, 3.8) is 0 Å². The first-order chi connectivity index (χ1) is 11.2. The van der Waals surface area contributed by atoms with Crippen molar-refractivity contribution in [3.05, 3.63) is 71.9 Å². The molecule has 6 nitrogen and oxygen atoms in total. The zero-order chi connectivity index (χ0) is 16.1. The van der Waals surface area contributed by atoms with Gasteiger partial charge in [0.1, 0.15) is 5.95 Å². The first-order valence-corrected chi connectivity index (χ1v) is 7.01. The summed E-state index contributed by atoms with van der Waals surface area (Å²) in [4.78, 5) is 0. The Balaban J connectivity index is 1.73.